The van der Waals surface area contributed by atoms with Crippen molar-refractivity contribution in [1.82, 2.24) is 14.5 Å². The van der Waals surface area contributed by atoms with E-state index in [4.69, 9.17) is 0 Å². The average Bonchev–Trinajstić information content (AvgIpc) is 2.75. The summed E-state index contributed by atoms with van der Waals surface area (Å²) in [5, 5.41) is -0.0394. The number of nitrogens with one attached hydrogen (secondary N) is 2. The van der Waals surface area contributed by atoms with Crippen LogP contribution < -0.4 is 10.3 Å². The lowest BCUT2D eigenvalue weighted by Gasteiger charge is -2.07. The number of aromatic nitrogens is 3. The predicted octanol–water partition coefficient (Wildman–Crippen LogP) is 1.01. The molecule has 0 aromatic carbocycles. The second-order valence-electron chi connectivity index (χ2n) is 4.41. The van der Waals surface area contributed by atoms with Gasteiger partial charge in [-0.2, -0.15) is 8.42 Å². The Kier molecular flexibility index (Phi) is 3.67. The van der Waals surface area contributed by atoms with E-state index in [-0.39, 0.29) is 10.6 Å². The molecule has 0 aliphatic rings. The van der Waals surface area contributed by atoms with Gasteiger partial charge in [0.2, 0.25) is 5.56 Å². The van der Waals surface area contributed by atoms with E-state index in [1.54, 1.807) is 18.4 Å². The van der Waals surface area contributed by atoms with E-state index in [1.165, 1.54) is 18.5 Å². The van der Waals surface area contributed by atoms with Crippen LogP contribution in [0.15, 0.2) is 28.3 Å². The number of H-pyrrole nitrogens is 1. The van der Waals surface area contributed by atoms with Crippen LogP contribution in [-0.2, 0) is 16.6 Å². The minimum atomic E-state index is -3.76. The van der Waals surface area contributed by atoms with Crippen molar-refractivity contribution in [1.29, 1.82) is 0 Å². The van der Waals surface area contributed by atoms with E-state index >= 15 is 0 Å². The summed E-state index contributed by atoms with van der Waals surface area (Å²) in [5.41, 5.74) is 0.592. The molecule has 2 aromatic heterocycles. The maximum atomic E-state index is 12.2. The molecule has 108 valence electrons. The van der Waals surface area contributed by atoms with Crippen molar-refractivity contribution in [3.8, 4) is 0 Å². The van der Waals surface area contributed by atoms with Gasteiger partial charge >= 0.3 is 0 Å². The lowest BCUT2D eigenvalue weighted by molar-refractivity contribution is 0.598. The molecule has 2 rings (SSSR count). The Hall–Kier alpha value is -2.09. The van der Waals surface area contributed by atoms with Gasteiger partial charge in [0.1, 0.15) is 5.82 Å². The fourth-order valence-electron chi connectivity index (χ4n) is 1.81. The molecule has 8 heteroatoms. The highest BCUT2D eigenvalue weighted by Crippen LogP contribution is 2.17. The van der Waals surface area contributed by atoms with E-state index in [2.05, 4.69) is 14.7 Å². The van der Waals surface area contributed by atoms with Gasteiger partial charge in [0.05, 0.1) is 5.69 Å². The van der Waals surface area contributed by atoms with Gasteiger partial charge in [0.15, 0.2) is 5.03 Å². The third kappa shape index (κ3) is 2.74. The molecule has 0 atom stereocenters. The number of aromatic amines is 1. The van der Waals surface area contributed by atoms with Gasteiger partial charge in [-0.25, -0.2) is 4.98 Å². The van der Waals surface area contributed by atoms with E-state index in [9.17, 15) is 13.2 Å². The zero-order chi connectivity index (χ0) is 14.9. The lowest BCUT2D eigenvalue weighted by atomic mass is 10.3. The summed E-state index contributed by atoms with van der Waals surface area (Å²) in [7, 11) is -3.76. The molecule has 20 heavy (non-hydrogen) atoms. The van der Waals surface area contributed by atoms with Crippen molar-refractivity contribution < 1.29 is 8.42 Å². The van der Waals surface area contributed by atoms with Crippen LogP contribution in [0.2, 0.25) is 0 Å². The highest BCUT2D eigenvalue weighted by atomic mass is 32.2. The zero-order valence-electron chi connectivity index (χ0n) is 11.5. The maximum Gasteiger partial charge on any atom is 0.281 e. The first-order valence-corrected chi connectivity index (χ1v) is 7.57. The van der Waals surface area contributed by atoms with E-state index in [0.717, 1.165) is 0 Å². The SMILES string of the molecule is CCn1cc(S(=O)(=O)Nc2c[nH]c(=O)cc2C)nc1C. The van der Waals surface area contributed by atoms with Crippen molar-refractivity contribution in [3.63, 3.8) is 0 Å². The standard InChI is InChI=1S/C12H16N4O3S/c1-4-16-7-12(14-9(16)3)20(18,19)15-10-6-13-11(17)5-8(10)2/h5-7,15H,4H2,1-3H3,(H,13,17). The predicted molar refractivity (Wildman–Crippen MR) is 75.2 cm³/mol. The number of rotatable bonds is 4. The summed E-state index contributed by atoms with van der Waals surface area (Å²) in [6.45, 7) is 5.95. The molecule has 0 aliphatic heterocycles. The molecule has 0 saturated carbocycles. The number of sulfonamides is 1. The number of nitrogens with zero attached hydrogens (tertiary/aromatic N) is 2. The van der Waals surface area contributed by atoms with Crippen LogP contribution in [0.4, 0.5) is 5.69 Å². The summed E-state index contributed by atoms with van der Waals surface area (Å²) in [6.07, 6.45) is 2.82. The Morgan fingerprint density at radius 2 is 2.10 bits per heavy atom. The Labute approximate surface area is 116 Å². The highest BCUT2D eigenvalue weighted by molar-refractivity contribution is 7.92. The maximum absolute atomic E-state index is 12.2. The fraction of sp³-hybridized carbons (Fsp3) is 0.333. The van der Waals surface area contributed by atoms with Gasteiger partial charge in [-0.1, -0.05) is 0 Å². The molecule has 0 radical (unpaired) electrons. The molecule has 0 amide bonds. The highest BCUT2D eigenvalue weighted by Gasteiger charge is 2.19. The van der Waals surface area contributed by atoms with Crippen LogP contribution in [0.25, 0.3) is 0 Å². The molecule has 2 aromatic rings. The third-order valence-corrected chi connectivity index (χ3v) is 4.18. The first-order valence-electron chi connectivity index (χ1n) is 6.09. The summed E-state index contributed by atoms with van der Waals surface area (Å²) in [4.78, 5) is 17.6. The minimum Gasteiger partial charge on any atom is -0.334 e. The molecule has 0 unspecified atom stereocenters. The van der Waals surface area contributed by atoms with Crippen LogP contribution in [0.1, 0.15) is 18.3 Å². The second-order valence-corrected chi connectivity index (χ2v) is 6.04. The number of imidazole rings is 1. The average molecular weight is 296 g/mol. The lowest BCUT2D eigenvalue weighted by Crippen LogP contribution is -2.16. The molecule has 7 nitrogen and oxygen atoms in total. The largest absolute Gasteiger partial charge is 0.334 e. The summed E-state index contributed by atoms with van der Waals surface area (Å²) >= 11 is 0. The van der Waals surface area contributed by atoms with Crippen LogP contribution in [0, 0.1) is 13.8 Å². The first kappa shape index (κ1) is 14.3. The van der Waals surface area contributed by atoms with Gasteiger partial charge in [-0.15, -0.1) is 0 Å². The normalized spacial score (nSPS) is 11.6. The molecule has 0 saturated heterocycles. The molecule has 2 N–H and O–H groups in total. The van der Waals surface area contributed by atoms with Crippen molar-refractivity contribution in [2.24, 2.45) is 0 Å². The smallest absolute Gasteiger partial charge is 0.281 e. The van der Waals surface area contributed by atoms with Crippen LogP contribution in [-0.4, -0.2) is 23.0 Å². The summed E-state index contributed by atoms with van der Waals surface area (Å²) in [5.74, 6) is 0.631. The topological polar surface area (TPSA) is 96.9 Å². The minimum absolute atomic E-state index is 0.0394. The van der Waals surface area contributed by atoms with E-state index < -0.39 is 10.0 Å². The summed E-state index contributed by atoms with van der Waals surface area (Å²) < 4.78 is 28.6. The van der Waals surface area contributed by atoms with E-state index in [0.29, 0.717) is 23.6 Å². The van der Waals surface area contributed by atoms with Crippen molar-refractivity contribution in [2.75, 3.05) is 4.72 Å². The molecule has 2 heterocycles. The van der Waals surface area contributed by atoms with Crippen molar-refractivity contribution >= 4 is 15.7 Å². The fourth-order valence-corrected chi connectivity index (χ4v) is 2.94. The van der Waals surface area contributed by atoms with Gasteiger partial charge < -0.3 is 9.55 Å². The Balaban J connectivity index is 2.37. The number of anilines is 1. The number of aryl methyl sites for hydroxylation is 3. The monoisotopic (exact) mass is 296 g/mol. The third-order valence-electron chi connectivity index (χ3n) is 2.95. The van der Waals surface area contributed by atoms with Crippen molar-refractivity contribution in [3.05, 3.63) is 40.2 Å². The Bertz CT molecular complexity index is 789. The molecule has 0 fully saturated rings. The van der Waals surface area contributed by atoms with Gasteiger partial charge in [-0.3, -0.25) is 9.52 Å². The molecular formula is C12H16N4O3S. The van der Waals surface area contributed by atoms with Gasteiger partial charge in [0.25, 0.3) is 10.0 Å². The summed E-state index contributed by atoms with van der Waals surface area (Å²) in [6, 6.07) is 1.33. The van der Waals surface area contributed by atoms with Crippen LogP contribution in [0.5, 0.6) is 0 Å². The number of hydrogen-bond acceptors (Lipinski definition) is 4. The first-order chi connectivity index (χ1) is 9.33. The van der Waals surface area contributed by atoms with E-state index in [1.807, 2.05) is 6.92 Å². The molecule has 0 aliphatic carbocycles. The van der Waals surface area contributed by atoms with Gasteiger partial charge in [0, 0.05) is 25.0 Å². The van der Waals surface area contributed by atoms with Crippen LogP contribution >= 0.6 is 0 Å². The number of pyridine rings is 1. The Morgan fingerprint density at radius 3 is 2.65 bits per heavy atom. The molecule has 0 spiro atoms. The Morgan fingerprint density at radius 1 is 1.40 bits per heavy atom. The van der Waals surface area contributed by atoms with Crippen LogP contribution in [0.3, 0.4) is 0 Å². The zero-order valence-corrected chi connectivity index (χ0v) is 12.3. The number of hydrogen-bond donors (Lipinski definition) is 2. The molecular weight excluding hydrogens is 280 g/mol. The quantitative estimate of drug-likeness (QED) is 0.880. The van der Waals surface area contributed by atoms with Crippen molar-refractivity contribution in [2.45, 2.75) is 32.3 Å². The molecule has 0 bridgehead atoms. The van der Waals surface area contributed by atoms with Gasteiger partial charge in [-0.05, 0) is 26.3 Å². The second kappa shape index (κ2) is 5.12.